The predicted molar refractivity (Wildman–Crippen MR) is 68.0 cm³/mol. The van der Waals surface area contributed by atoms with Crippen molar-refractivity contribution in [3.63, 3.8) is 0 Å². The van der Waals surface area contributed by atoms with Crippen LogP contribution < -0.4 is 0 Å². The molecule has 19 heavy (non-hydrogen) atoms. The molecule has 0 aliphatic carbocycles. The van der Waals surface area contributed by atoms with Crippen molar-refractivity contribution in [3.8, 4) is 11.5 Å². The predicted octanol–water partition coefficient (Wildman–Crippen LogP) is 1.12. The van der Waals surface area contributed by atoms with Crippen molar-refractivity contribution in [3.05, 3.63) is 23.8 Å². The number of phenolic OH excluding ortho intramolecular Hbond substituents is 2. The Morgan fingerprint density at radius 3 is 2.63 bits per heavy atom. The Labute approximate surface area is 111 Å². The van der Waals surface area contributed by atoms with Gasteiger partial charge in [-0.15, -0.1) is 0 Å². The number of methoxy groups -OCH3 is 1. The van der Waals surface area contributed by atoms with E-state index in [1.165, 1.54) is 30.2 Å². The maximum atomic E-state index is 12.0. The van der Waals surface area contributed by atoms with Gasteiger partial charge in [-0.25, -0.2) is 0 Å². The summed E-state index contributed by atoms with van der Waals surface area (Å²) in [5.41, 5.74) is 0.0283. The average molecular weight is 267 g/mol. The van der Waals surface area contributed by atoms with E-state index in [2.05, 4.69) is 4.74 Å². The Hall–Kier alpha value is -2.24. The second-order valence-electron chi connectivity index (χ2n) is 4.08. The van der Waals surface area contributed by atoms with Crippen LogP contribution in [0.4, 0.5) is 0 Å². The van der Waals surface area contributed by atoms with Gasteiger partial charge in [0.2, 0.25) is 0 Å². The van der Waals surface area contributed by atoms with Crippen molar-refractivity contribution in [2.75, 3.05) is 20.7 Å². The molecule has 0 atom stereocenters. The van der Waals surface area contributed by atoms with Gasteiger partial charge in [0.25, 0.3) is 5.91 Å². The highest BCUT2D eigenvalue weighted by Gasteiger charge is 2.17. The first-order valence-corrected chi connectivity index (χ1v) is 5.80. The molecule has 6 heteroatoms. The topological polar surface area (TPSA) is 87.1 Å². The molecular weight excluding hydrogens is 250 g/mol. The second-order valence-corrected chi connectivity index (χ2v) is 4.08. The maximum absolute atomic E-state index is 12.0. The third kappa shape index (κ3) is 3.87. The number of esters is 1. The van der Waals surface area contributed by atoms with Crippen LogP contribution in [-0.4, -0.2) is 47.7 Å². The van der Waals surface area contributed by atoms with Crippen LogP contribution in [0.5, 0.6) is 11.5 Å². The Kier molecular flexibility index (Phi) is 5.17. The van der Waals surface area contributed by atoms with E-state index in [1.807, 2.05) is 0 Å². The minimum absolute atomic E-state index is 0.0283. The molecule has 0 aliphatic rings. The van der Waals surface area contributed by atoms with Gasteiger partial charge in [-0.1, -0.05) is 6.07 Å². The van der Waals surface area contributed by atoms with Crippen LogP contribution in [0.1, 0.15) is 23.2 Å². The fourth-order valence-electron chi connectivity index (χ4n) is 1.57. The largest absolute Gasteiger partial charge is 0.504 e. The van der Waals surface area contributed by atoms with Crippen LogP contribution in [0.3, 0.4) is 0 Å². The van der Waals surface area contributed by atoms with E-state index >= 15 is 0 Å². The molecule has 1 amide bonds. The molecular formula is C13H17NO5. The highest BCUT2D eigenvalue weighted by atomic mass is 16.5. The highest BCUT2D eigenvalue weighted by Crippen LogP contribution is 2.28. The molecule has 0 saturated heterocycles. The van der Waals surface area contributed by atoms with E-state index in [0.717, 1.165) is 0 Å². The first kappa shape index (κ1) is 14.8. The smallest absolute Gasteiger partial charge is 0.305 e. The number of aromatic hydroxyl groups is 2. The van der Waals surface area contributed by atoms with Gasteiger partial charge >= 0.3 is 5.97 Å². The summed E-state index contributed by atoms with van der Waals surface area (Å²) < 4.78 is 4.50. The molecule has 6 nitrogen and oxygen atoms in total. The normalized spacial score (nSPS) is 10.0. The summed E-state index contributed by atoms with van der Waals surface area (Å²) in [6.07, 6.45) is 0.689. The minimum atomic E-state index is -0.438. The number of rotatable bonds is 5. The van der Waals surface area contributed by atoms with Crippen LogP contribution in [0, 0.1) is 0 Å². The number of hydrogen-bond acceptors (Lipinski definition) is 5. The van der Waals surface area contributed by atoms with E-state index in [9.17, 15) is 19.8 Å². The summed E-state index contributed by atoms with van der Waals surface area (Å²) in [6, 6.07) is 4.20. The number of ether oxygens (including phenoxy) is 1. The molecule has 0 spiro atoms. The molecule has 104 valence electrons. The summed E-state index contributed by atoms with van der Waals surface area (Å²) in [4.78, 5) is 24.3. The Bertz CT molecular complexity index is 472. The summed E-state index contributed by atoms with van der Waals surface area (Å²) in [7, 11) is 2.87. The molecule has 0 radical (unpaired) electrons. The molecule has 0 saturated carbocycles. The van der Waals surface area contributed by atoms with Crippen LogP contribution >= 0.6 is 0 Å². The average Bonchev–Trinajstić information content (AvgIpc) is 2.40. The molecule has 0 heterocycles. The number of benzene rings is 1. The SMILES string of the molecule is COC(=O)CCCN(C)C(=O)c1cccc(O)c1O. The first-order chi connectivity index (χ1) is 8.97. The zero-order valence-electron chi connectivity index (χ0n) is 10.9. The van der Waals surface area contributed by atoms with Gasteiger partial charge in [-0.3, -0.25) is 9.59 Å². The molecule has 1 aromatic rings. The molecule has 0 aliphatic heterocycles. The monoisotopic (exact) mass is 267 g/mol. The van der Waals surface area contributed by atoms with Crippen molar-refractivity contribution in [2.24, 2.45) is 0 Å². The molecule has 1 aromatic carbocycles. The standard InChI is InChI=1S/C13H17NO5/c1-14(8-4-7-11(16)19-2)13(18)9-5-3-6-10(15)12(9)17/h3,5-6,15,17H,4,7-8H2,1-2H3. The zero-order chi connectivity index (χ0) is 14.4. The van der Waals surface area contributed by atoms with Gasteiger partial charge in [0.1, 0.15) is 0 Å². The van der Waals surface area contributed by atoms with Crippen LogP contribution in [0.15, 0.2) is 18.2 Å². The molecule has 0 fully saturated rings. The Morgan fingerprint density at radius 2 is 2.00 bits per heavy atom. The maximum Gasteiger partial charge on any atom is 0.305 e. The molecule has 0 bridgehead atoms. The minimum Gasteiger partial charge on any atom is -0.504 e. The second kappa shape index (κ2) is 6.63. The number of carbonyl (C=O) groups is 2. The molecule has 0 unspecified atom stereocenters. The Morgan fingerprint density at radius 1 is 1.32 bits per heavy atom. The lowest BCUT2D eigenvalue weighted by Gasteiger charge is -2.17. The number of para-hydroxylation sites is 1. The van der Waals surface area contributed by atoms with Gasteiger partial charge in [0.15, 0.2) is 11.5 Å². The van der Waals surface area contributed by atoms with Crippen LogP contribution in [0.2, 0.25) is 0 Å². The number of phenols is 2. The fraction of sp³-hybridized carbons (Fsp3) is 0.385. The van der Waals surface area contributed by atoms with E-state index < -0.39 is 11.7 Å². The van der Waals surface area contributed by atoms with E-state index in [4.69, 9.17) is 0 Å². The lowest BCUT2D eigenvalue weighted by Crippen LogP contribution is -2.28. The van der Waals surface area contributed by atoms with Crippen LogP contribution in [-0.2, 0) is 9.53 Å². The van der Waals surface area contributed by atoms with Gasteiger partial charge < -0.3 is 19.8 Å². The number of amides is 1. The first-order valence-electron chi connectivity index (χ1n) is 5.80. The third-order valence-electron chi connectivity index (χ3n) is 2.69. The zero-order valence-corrected chi connectivity index (χ0v) is 10.9. The summed E-state index contributed by atoms with van der Waals surface area (Å²) >= 11 is 0. The highest BCUT2D eigenvalue weighted by molar-refractivity contribution is 5.97. The summed E-state index contributed by atoms with van der Waals surface area (Å²) in [6.45, 7) is 0.350. The number of nitrogens with zero attached hydrogens (tertiary/aromatic N) is 1. The van der Waals surface area contributed by atoms with Gasteiger partial charge in [-0.2, -0.15) is 0 Å². The number of carbonyl (C=O) groups excluding carboxylic acids is 2. The van der Waals surface area contributed by atoms with Gasteiger partial charge in [-0.05, 0) is 18.6 Å². The third-order valence-corrected chi connectivity index (χ3v) is 2.69. The van der Waals surface area contributed by atoms with E-state index in [-0.39, 0.29) is 23.7 Å². The molecule has 0 aromatic heterocycles. The lowest BCUT2D eigenvalue weighted by molar-refractivity contribution is -0.140. The van der Waals surface area contributed by atoms with Crippen molar-refractivity contribution < 1.29 is 24.5 Å². The van der Waals surface area contributed by atoms with E-state index in [0.29, 0.717) is 13.0 Å². The Balaban J connectivity index is 2.62. The van der Waals surface area contributed by atoms with E-state index in [1.54, 1.807) is 7.05 Å². The molecule has 2 N–H and O–H groups in total. The van der Waals surface area contributed by atoms with Crippen LogP contribution in [0.25, 0.3) is 0 Å². The number of hydrogen-bond donors (Lipinski definition) is 2. The summed E-state index contributed by atoms with van der Waals surface area (Å²) in [5.74, 6) is -1.53. The fourth-order valence-corrected chi connectivity index (χ4v) is 1.57. The van der Waals surface area contributed by atoms with Crippen molar-refractivity contribution in [2.45, 2.75) is 12.8 Å². The summed E-state index contributed by atoms with van der Waals surface area (Å²) in [5, 5.41) is 18.9. The van der Waals surface area contributed by atoms with Gasteiger partial charge in [0, 0.05) is 20.0 Å². The van der Waals surface area contributed by atoms with Crippen molar-refractivity contribution in [1.29, 1.82) is 0 Å². The quantitative estimate of drug-likeness (QED) is 0.616. The lowest BCUT2D eigenvalue weighted by atomic mass is 10.1. The van der Waals surface area contributed by atoms with Gasteiger partial charge in [0.05, 0.1) is 12.7 Å². The van der Waals surface area contributed by atoms with Crippen molar-refractivity contribution >= 4 is 11.9 Å². The molecule has 1 rings (SSSR count). The van der Waals surface area contributed by atoms with Crippen molar-refractivity contribution in [1.82, 2.24) is 4.90 Å².